The van der Waals surface area contributed by atoms with Crippen LogP contribution in [0.15, 0.2) is 24.4 Å². The van der Waals surface area contributed by atoms with Crippen LogP contribution in [0.2, 0.25) is 5.02 Å². The number of nitrogens with zero attached hydrogens (tertiary/aromatic N) is 3. The van der Waals surface area contributed by atoms with Gasteiger partial charge in [-0.2, -0.15) is 0 Å². The van der Waals surface area contributed by atoms with Gasteiger partial charge >= 0.3 is 0 Å². The monoisotopic (exact) mass is 296 g/mol. The third-order valence-corrected chi connectivity index (χ3v) is 3.61. The van der Waals surface area contributed by atoms with Gasteiger partial charge in [-0.05, 0) is 32.0 Å². The third-order valence-electron chi connectivity index (χ3n) is 3.26. The van der Waals surface area contributed by atoms with Gasteiger partial charge in [0.2, 0.25) is 0 Å². The van der Waals surface area contributed by atoms with Crippen LogP contribution in [0, 0.1) is 5.82 Å². The first-order valence-electron chi connectivity index (χ1n) is 6.65. The Balaban J connectivity index is 2.27. The zero-order valence-electron chi connectivity index (χ0n) is 11.6. The molecule has 0 saturated carbocycles. The van der Waals surface area contributed by atoms with Gasteiger partial charge in [-0.15, -0.1) is 5.10 Å². The molecule has 6 heteroatoms. The van der Waals surface area contributed by atoms with E-state index in [0.717, 1.165) is 18.7 Å². The number of likely N-dealkylation sites (N-methyl/N-ethyl adjacent to an activating group) is 1. The molecule has 0 aliphatic carbocycles. The first-order chi connectivity index (χ1) is 9.67. The summed E-state index contributed by atoms with van der Waals surface area (Å²) in [6.45, 7) is 2.87. The second-order valence-corrected chi connectivity index (χ2v) is 5.03. The summed E-state index contributed by atoms with van der Waals surface area (Å²) < 4.78 is 15.7. The summed E-state index contributed by atoms with van der Waals surface area (Å²) in [5, 5.41) is 11.6. The molecule has 0 spiro atoms. The van der Waals surface area contributed by atoms with E-state index in [1.165, 1.54) is 6.07 Å². The Kier molecular flexibility index (Phi) is 5.09. The van der Waals surface area contributed by atoms with Gasteiger partial charge in [0, 0.05) is 17.1 Å². The first kappa shape index (κ1) is 14.9. The summed E-state index contributed by atoms with van der Waals surface area (Å²) in [4.78, 5) is 0. The maximum atomic E-state index is 13.9. The summed E-state index contributed by atoms with van der Waals surface area (Å²) in [6.07, 6.45) is 3.14. The third kappa shape index (κ3) is 3.16. The molecule has 0 aliphatic rings. The van der Waals surface area contributed by atoms with Gasteiger partial charge in [0.25, 0.3) is 0 Å². The van der Waals surface area contributed by atoms with Crippen LogP contribution in [0.5, 0.6) is 0 Å². The van der Waals surface area contributed by atoms with Crippen LogP contribution in [-0.4, -0.2) is 22.0 Å². The van der Waals surface area contributed by atoms with E-state index in [4.69, 9.17) is 11.6 Å². The minimum atomic E-state index is -0.285. The average Bonchev–Trinajstić information content (AvgIpc) is 2.87. The van der Waals surface area contributed by atoms with Crippen molar-refractivity contribution in [2.24, 2.45) is 0 Å². The van der Waals surface area contributed by atoms with Gasteiger partial charge in [-0.25, -0.2) is 9.07 Å². The zero-order chi connectivity index (χ0) is 14.5. The molecular formula is C14H18ClFN4. The van der Waals surface area contributed by atoms with Gasteiger partial charge in [0.15, 0.2) is 0 Å². The second kappa shape index (κ2) is 6.81. The van der Waals surface area contributed by atoms with Crippen LogP contribution < -0.4 is 5.32 Å². The molecule has 2 rings (SSSR count). The lowest BCUT2D eigenvalue weighted by molar-refractivity contribution is 0.483. The lowest BCUT2D eigenvalue weighted by Gasteiger charge is -2.18. The summed E-state index contributed by atoms with van der Waals surface area (Å²) in [5.41, 5.74) is 1.45. The molecule has 1 heterocycles. The van der Waals surface area contributed by atoms with E-state index >= 15 is 0 Å². The van der Waals surface area contributed by atoms with Crippen LogP contribution >= 0.6 is 11.6 Å². The van der Waals surface area contributed by atoms with Gasteiger partial charge in [0.05, 0.1) is 17.9 Å². The molecule has 1 aromatic carbocycles. The second-order valence-electron chi connectivity index (χ2n) is 4.63. The number of nitrogens with one attached hydrogen (secondary N) is 1. The number of halogens is 2. The van der Waals surface area contributed by atoms with E-state index in [1.54, 1.807) is 18.3 Å². The van der Waals surface area contributed by atoms with E-state index in [0.29, 0.717) is 17.0 Å². The largest absolute Gasteiger partial charge is 0.311 e. The number of hydrogen-bond acceptors (Lipinski definition) is 3. The van der Waals surface area contributed by atoms with Crippen molar-refractivity contribution in [1.29, 1.82) is 0 Å². The Morgan fingerprint density at radius 1 is 1.45 bits per heavy atom. The molecular weight excluding hydrogens is 279 g/mol. The van der Waals surface area contributed by atoms with E-state index < -0.39 is 0 Å². The number of hydrogen-bond donors (Lipinski definition) is 1. The fraction of sp³-hybridized carbons (Fsp3) is 0.429. The minimum Gasteiger partial charge on any atom is -0.311 e. The summed E-state index contributed by atoms with van der Waals surface area (Å²) in [6, 6.07) is 4.66. The summed E-state index contributed by atoms with van der Waals surface area (Å²) in [5.74, 6) is -0.285. The highest BCUT2D eigenvalue weighted by molar-refractivity contribution is 6.31. The van der Waals surface area contributed by atoms with Crippen molar-refractivity contribution >= 4 is 11.6 Å². The molecule has 20 heavy (non-hydrogen) atoms. The Hall–Kier alpha value is -1.46. The Labute approximate surface area is 122 Å². The van der Waals surface area contributed by atoms with Gasteiger partial charge in [-0.3, -0.25) is 0 Å². The first-order valence-corrected chi connectivity index (χ1v) is 7.03. The van der Waals surface area contributed by atoms with Crippen molar-refractivity contribution < 1.29 is 4.39 Å². The van der Waals surface area contributed by atoms with E-state index in [2.05, 4.69) is 22.6 Å². The lowest BCUT2D eigenvalue weighted by atomic mass is 10.0. The average molecular weight is 297 g/mol. The van der Waals surface area contributed by atoms with Crippen molar-refractivity contribution in [3.05, 3.63) is 46.5 Å². The minimum absolute atomic E-state index is 0.0778. The highest BCUT2D eigenvalue weighted by Gasteiger charge is 2.19. The van der Waals surface area contributed by atoms with Crippen molar-refractivity contribution in [3.63, 3.8) is 0 Å². The Bertz CT molecular complexity index is 550. The lowest BCUT2D eigenvalue weighted by Crippen LogP contribution is -2.23. The normalized spacial score (nSPS) is 12.6. The fourth-order valence-electron chi connectivity index (χ4n) is 2.21. The Morgan fingerprint density at radius 3 is 2.90 bits per heavy atom. The van der Waals surface area contributed by atoms with Crippen molar-refractivity contribution in [2.45, 2.75) is 32.4 Å². The van der Waals surface area contributed by atoms with E-state index in [-0.39, 0.29) is 11.9 Å². The molecule has 108 valence electrons. The molecule has 1 aromatic heterocycles. The number of rotatable bonds is 6. The number of benzene rings is 1. The number of aryl methyl sites for hydroxylation is 1. The molecule has 1 unspecified atom stereocenters. The van der Waals surface area contributed by atoms with Crippen molar-refractivity contribution in [1.82, 2.24) is 20.3 Å². The Morgan fingerprint density at radius 2 is 2.25 bits per heavy atom. The highest BCUT2D eigenvalue weighted by Crippen LogP contribution is 2.25. The quantitative estimate of drug-likeness (QED) is 0.891. The van der Waals surface area contributed by atoms with E-state index in [1.807, 2.05) is 11.7 Å². The van der Waals surface area contributed by atoms with Crippen LogP contribution in [0.4, 0.5) is 4.39 Å². The fourth-order valence-corrected chi connectivity index (χ4v) is 2.45. The van der Waals surface area contributed by atoms with Gasteiger partial charge in [0.1, 0.15) is 5.82 Å². The molecule has 1 N–H and O–H groups in total. The maximum absolute atomic E-state index is 13.9. The molecule has 0 saturated heterocycles. The summed E-state index contributed by atoms with van der Waals surface area (Å²) in [7, 11) is 1.84. The van der Waals surface area contributed by atoms with E-state index in [9.17, 15) is 4.39 Å². The predicted molar refractivity (Wildman–Crippen MR) is 77.2 cm³/mol. The van der Waals surface area contributed by atoms with Gasteiger partial charge < -0.3 is 5.32 Å². The molecule has 0 amide bonds. The van der Waals surface area contributed by atoms with Crippen LogP contribution in [0.1, 0.15) is 30.6 Å². The van der Waals surface area contributed by atoms with Crippen LogP contribution in [0.25, 0.3) is 0 Å². The molecule has 0 bridgehead atoms. The highest BCUT2D eigenvalue weighted by atomic mass is 35.5. The molecule has 0 fully saturated rings. The van der Waals surface area contributed by atoms with Gasteiger partial charge in [-0.1, -0.05) is 29.8 Å². The molecule has 0 radical (unpaired) electrons. The number of aromatic nitrogens is 3. The predicted octanol–water partition coefficient (Wildman–Crippen LogP) is 2.98. The standard InChI is InChI=1S/C14H18ClFN4/c1-3-7-20-14(9-18-19-20)13(17-2)8-10-11(15)5-4-6-12(10)16/h4-6,9,13,17H,3,7-8H2,1-2H3. The van der Waals surface area contributed by atoms with Crippen molar-refractivity contribution in [3.8, 4) is 0 Å². The van der Waals surface area contributed by atoms with Crippen molar-refractivity contribution in [2.75, 3.05) is 7.05 Å². The topological polar surface area (TPSA) is 42.7 Å². The molecule has 2 aromatic rings. The smallest absolute Gasteiger partial charge is 0.127 e. The maximum Gasteiger partial charge on any atom is 0.127 e. The zero-order valence-corrected chi connectivity index (χ0v) is 12.4. The molecule has 0 aliphatic heterocycles. The molecule has 4 nitrogen and oxygen atoms in total. The van der Waals surface area contributed by atoms with Crippen LogP contribution in [0.3, 0.4) is 0 Å². The molecule has 1 atom stereocenters. The van der Waals surface area contributed by atoms with Crippen LogP contribution in [-0.2, 0) is 13.0 Å². The SMILES string of the molecule is CCCn1nncc1C(Cc1c(F)cccc1Cl)NC. The summed E-state index contributed by atoms with van der Waals surface area (Å²) >= 11 is 6.09.